The molecule has 14 heavy (non-hydrogen) atoms. The van der Waals surface area contributed by atoms with Gasteiger partial charge in [0.05, 0.1) is 0 Å². The van der Waals surface area contributed by atoms with Gasteiger partial charge in [-0.25, -0.2) is 0 Å². The summed E-state index contributed by atoms with van der Waals surface area (Å²) in [7, 11) is 0. The van der Waals surface area contributed by atoms with Gasteiger partial charge in [-0.1, -0.05) is 38.1 Å². The molecule has 1 aliphatic carbocycles. The second kappa shape index (κ2) is 3.41. The first-order valence-electron chi connectivity index (χ1n) is 5.01. The number of hydrogen-bond acceptors (Lipinski definition) is 1. The van der Waals surface area contributed by atoms with Crippen LogP contribution in [-0.4, -0.2) is 5.78 Å². The van der Waals surface area contributed by atoms with Crippen LogP contribution in [0.1, 0.15) is 25.0 Å². The summed E-state index contributed by atoms with van der Waals surface area (Å²) in [6.45, 7) is 3.90. The van der Waals surface area contributed by atoms with Crippen molar-refractivity contribution >= 4 is 11.9 Å². The number of fused-ring (bicyclic) bond motifs is 1. The van der Waals surface area contributed by atoms with Crippen molar-refractivity contribution in [3.8, 4) is 0 Å². The molecule has 1 aromatic carbocycles. The molecule has 0 heterocycles. The number of allylic oxidation sites excluding steroid dienone is 1. The molecule has 0 aromatic heterocycles. The van der Waals surface area contributed by atoms with Gasteiger partial charge in [0, 0.05) is 17.9 Å². The summed E-state index contributed by atoms with van der Waals surface area (Å²) in [5.41, 5.74) is 3.44. The summed E-state index contributed by atoms with van der Waals surface area (Å²) < 4.78 is 0. The number of hydrogen-bond donors (Lipinski definition) is 0. The van der Waals surface area contributed by atoms with Crippen LogP contribution in [0.15, 0.2) is 29.8 Å². The van der Waals surface area contributed by atoms with E-state index in [1.807, 2.05) is 32.1 Å². The molecule has 0 amide bonds. The maximum Gasteiger partial charge on any atom is 0.161 e. The summed E-state index contributed by atoms with van der Waals surface area (Å²) in [6.07, 6.45) is 2.84. The largest absolute Gasteiger partial charge is 0.294 e. The molecule has 1 aliphatic rings. The minimum Gasteiger partial charge on any atom is -0.294 e. The molecule has 0 atom stereocenters. The number of carbonyl (C=O) groups excluding carboxylic acids is 1. The average Bonchev–Trinajstić information content (AvgIpc) is 2.59. The van der Waals surface area contributed by atoms with Crippen molar-refractivity contribution in [2.24, 2.45) is 5.92 Å². The lowest BCUT2D eigenvalue weighted by molar-refractivity contribution is -0.118. The van der Waals surface area contributed by atoms with Crippen molar-refractivity contribution in [2.75, 3.05) is 0 Å². The zero-order valence-electron chi connectivity index (χ0n) is 8.58. The Morgan fingerprint density at radius 1 is 1.29 bits per heavy atom. The second-order valence-corrected chi connectivity index (χ2v) is 4.06. The minimum atomic E-state index is 0.107. The Morgan fingerprint density at radius 2 is 2.00 bits per heavy atom. The summed E-state index contributed by atoms with van der Waals surface area (Å²) in [5, 5.41) is 0. The van der Waals surface area contributed by atoms with Crippen LogP contribution in [0.3, 0.4) is 0 Å². The molecule has 0 unspecified atom stereocenters. The van der Waals surface area contributed by atoms with E-state index in [9.17, 15) is 4.79 Å². The number of rotatable bonds is 2. The van der Waals surface area contributed by atoms with E-state index in [1.165, 1.54) is 11.1 Å². The third kappa shape index (κ3) is 1.50. The molecule has 0 N–H and O–H groups in total. The highest BCUT2D eigenvalue weighted by molar-refractivity contribution is 6.02. The third-order valence-electron chi connectivity index (χ3n) is 2.61. The molecule has 1 heteroatoms. The smallest absolute Gasteiger partial charge is 0.161 e. The van der Waals surface area contributed by atoms with Gasteiger partial charge < -0.3 is 0 Å². The van der Waals surface area contributed by atoms with Crippen LogP contribution < -0.4 is 0 Å². The number of carbonyl (C=O) groups is 1. The molecule has 0 bridgehead atoms. The standard InChI is InChI=1S/C13H14O/c1-9(2)13(14)12-7-10-5-3-4-6-11(10)8-12/h3-7,9H,8H2,1-2H3. The van der Waals surface area contributed by atoms with Crippen molar-refractivity contribution in [2.45, 2.75) is 20.3 Å². The van der Waals surface area contributed by atoms with E-state index in [4.69, 9.17) is 0 Å². The van der Waals surface area contributed by atoms with E-state index in [0.717, 1.165) is 12.0 Å². The Labute approximate surface area is 84.5 Å². The number of benzene rings is 1. The van der Waals surface area contributed by atoms with Crippen molar-refractivity contribution in [1.82, 2.24) is 0 Å². The molecular weight excluding hydrogens is 172 g/mol. The number of ketones is 1. The topological polar surface area (TPSA) is 17.1 Å². The van der Waals surface area contributed by atoms with E-state index < -0.39 is 0 Å². The van der Waals surface area contributed by atoms with Crippen molar-refractivity contribution in [1.29, 1.82) is 0 Å². The van der Waals surface area contributed by atoms with Crippen LogP contribution in [0.2, 0.25) is 0 Å². The Balaban J connectivity index is 2.28. The van der Waals surface area contributed by atoms with Crippen LogP contribution in [0.4, 0.5) is 0 Å². The molecule has 0 spiro atoms. The van der Waals surface area contributed by atoms with Gasteiger partial charge >= 0.3 is 0 Å². The SMILES string of the molecule is CC(C)C(=O)C1=Cc2ccccc2C1. The predicted molar refractivity (Wildman–Crippen MR) is 58.0 cm³/mol. The van der Waals surface area contributed by atoms with E-state index in [0.29, 0.717) is 0 Å². The molecule has 0 radical (unpaired) electrons. The number of Topliss-reactive ketones (excluding diaryl/α,β-unsaturated/α-hetero) is 1. The van der Waals surface area contributed by atoms with Crippen LogP contribution >= 0.6 is 0 Å². The van der Waals surface area contributed by atoms with Crippen LogP contribution in [0.25, 0.3) is 6.08 Å². The first kappa shape index (κ1) is 9.20. The molecule has 72 valence electrons. The van der Waals surface area contributed by atoms with E-state index in [1.54, 1.807) is 0 Å². The van der Waals surface area contributed by atoms with Gasteiger partial charge in [0.15, 0.2) is 5.78 Å². The van der Waals surface area contributed by atoms with Gasteiger partial charge in [-0.15, -0.1) is 0 Å². The minimum absolute atomic E-state index is 0.107. The summed E-state index contributed by atoms with van der Waals surface area (Å²) in [6, 6.07) is 8.19. The third-order valence-corrected chi connectivity index (χ3v) is 2.61. The van der Waals surface area contributed by atoms with Crippen LogP contribution in [-0.2, 0) is 11.2 Å². The molecule has 0 fully saturated rings. The molecular formula is C13H14O. The van der Waals surface area contributed by atoms with Crippen LogP contribution in [0, 0.1) is 5.92 Å². The van der Waals surface area contributed by atoms with Gasteiger partial charge in [-0.2, -0.15) is 0 Å². The highest BCUT2D eigenvalue weighted by Gasteiger charge is 2.19. The zero-order chi connectivity index (χ0) is 10.1. The fourth-order valence-electron chi connectivity index (χ4n) is 1.81. The van der Waals surface area contributed by atoms with E-state index in [2.05, 4.69) is 12.1 Å². The average molecular weight is 186 g/mol. The van der Waals surface area contributed by atoms with E-state index >= 15 is 0 Å². The highest BCUT2D eigenvalue weighted by atomic mass is 16.1. The molecule has 0 aliphatic heterocycles. The first-order chi connectivity index (χ1) is 6.68. The summed E-state index contributed by atoms with van der Waals surface area (Å²) in [5.74, 6) is 0.386. The molecule has 0 saturated heterocycles. The lowest BCUT2D eigenvalue weighted by Gasteiger charge is -2.03. The second-order valence-electron chi connectivity index (χ2n) is 4.06. The normalized spacial score (nSPS) is 14.1. The molecule has 0 saturated carbocycles. The predicted octanol–water partition coefficient (Wildman–Crippen LogP) is 2.85. The quantitative estimate of drug-likeness (QED) is 0.694. The fraction of sp³-hybridized carbons (Fsp3) is 0.308. The Bertz CT molecular complexity index is 399. The van der Waals surface area contributed by atoms with Crippen molar-refractivity contribution in [3.05, 3.63) is 41.0 Å². The highest BCUT2D eigenvalue weighted by Crippen LogP contribution is 2.26. The maximum atomic E-state index is 11.7. The summed E-state index contributed by atoms with van der Waals surface area (Å²) >= 11 is 0. The van der Waals surface area contributed by atoms with Crippen LogP contribution in [0.5, 0.6) is 0 Å². The Morgan fingerprint density at radius 3 is 2.64 bits per heavy atom. The van der Waals surface area contributed by atoms with Crippen molar-refractivity contribution < 1.29 is 4.79 Å². The molecule has 1 aromatic rings. The van der Waals surface area contributed by atoms with Gasteiger partial charge in [0.1, 0.15) is 0 Å². The van der Waals surface area contributed by atoms with Gasteiger partial charge in [-0.05, 0) is 17.2 Å². The summed E-state index contributed by atoms with van der Waals surface area (Å²) in [4.78, 5) is 11.7. The van der Waals surface area contributed by atoms with Crippen molar-refractivity contribution in [3.63, 3.8) is 0 Å². The zero-order valence-corrected chi connectivity index (χ0v) is 8.58. The first-order valence-corrected chi connectivity index (χ1v) is 5.01. The van der Waals surface area contributed by atoms with Gasteiger partial charge in [-0.3, -0.25) is 4.79 Å². The lowest BCUT2D eigenvalue weighted by Crippen LogP contribution is -2.09. The maximum absolute atomic E-state index is 11.7. The lowest BCUT2D eigenvalue weighted by atomic mass is 10.00. The van der Waals surface area contributed by atoms with Gasteiger partial charge in [0.2, 0.25) is 0 Å². The Kier molecular flexibility index (Phi) is 2.24. The fourth-order valence-corrected chi connectivity index (χ4v) is 1.81. The Hall–Kier alpha value is -1.37. The van der Waals surface area contributed by atoms with Gasteiger partial charge in [0.25, 0.3) is 0 Å². The molecule has 1 nitrogen and oxygen atoms in total. The molecule has 2 rings (SSSR count). The monoisotopic (exact) mass is 186 g/mol. The van der Waals surface area contributed by atoms with E-state index in [-0.39, 0.29) is 11.7 Å².